The second-order valence-corrected chi connectivity index (χ2v) is 6.72. The van der Waals surface area contributed by atoms with Crippen LogP contribution in [0.3, 0.4) is 0 Å². The lowest BCUT2D eigenvalue weighted by Crippen LogP contribution is -2.32. The molecule has 1 unspecified atom stereocenters. The minimum Gasteiger partial charge on any atom is -0.350 e. The highest BCUT2D eigenvalue weighted by Gasteiger charge is 2.12. The molecule has 0 aliphatic rings. The summed E-state index contributed by atoms with van der Waals surface area (Å²) in [5.41, 5.74) is 0.697. The van der Waals surface area contributed by atoms with Gasteiger partial charge in [-0.15, -0.1) is 0 Å². The zero-order chi connectivity index (χ0) is 12.8. The van der Waals surface area contributed by atoms with E-state index in [0.29, 0.717) is 5.56 Å². The van der Waals surface area contributed by atoms with Crippen LogP contribution in [0, 0.1) is 3.57 Å². The number of rotatable bonds is 5. The van der Waals surface area contributed by atoms with Crippen LogP contribution in [0.5, 0.6) is 0 Å². The Labute approximate surface area is 132 Å². The second-order valence-electron chi connectivity index (χ2n) is 3.83. The molecule has 0 aromatic heterocycles. The van der Waals surface area contributed by atoms with E-state index in [1.54, 1.807) is 0 Å². The summed E-state index contributed by atoms with van der Waals surface area (Å²) in [6, 6.07) is 5.96. The Balaban J connectivity index is 2.66. The van der Waals surface area contributed by atoms with Gasteiger partial charge in [0.05, 0.1) is 5.56 Å². The highest BCUT2D eigenvalue weighted by atomic mass is 127. The first kappa shape index (κ1) is 15.4. The van der Waals surface area contributed by atoms with Gasteiger partial charge in [-0.3, -0.25) is 4.79 Å². The van der Waals surface area contributed by atoms with Crippen molar-refractivity contribution < 1.29 is 4.79 Å². The Morgan fingerprint density at radius 3 is 2.88 bits per heavy atom. The summed E-state index contributed by atoms with van der Waals surface area (Å²) in [6.07, 6.45) is 2.05. The van der Waals surface area contributed by atoms with Crippen LogP contribution in [0.4, 0.5) is 0 Å². The molecule has 5 heteroatoms. The predicted octanol–water partition coefficient (Wildman–Crippen LogP) is 4.35. The molecule has 0 saturated heterocycles. The molecule has 1 aromatic rings. The van der Waals surface area contributed by atoms with Gasteiger partial charge in [0, 0.05) is 19.4 Å². The first-order valence-corrected chi connectivity index (χ1v) is 8.35. The lowest BCUT2D eigenvalue weighted by Gasteiger charge is -2.14. The maximum atomic E-state index is 12.0. The lowest BCUT2D eigenvalue weighted by atomic mass is 10.1. The van der Waals surface area contributed by atoms with Crippen LogP contribution in [0.25, 0.3) is 0 Å². The molecule has 0 aliphatic carbocycles. The molecule has 0 radical (unpaired) electrons. The molecular formula is C12H14Br2INO. The normalized spacial score (nSPS) is 12.2. The monoisotopic (exact) mass is 473 g/mol. The molecule has 1 amide bonds. The fourth-order valence-corrected chi connectivity index (χ4v) is 2.67. The number of benzene rings is 1. The van der Waals surface area contributed by atoms with E-state index in [9.17, 15) is 4.79 Å². The highest BCUT2D eigenvalue weighted by Crippen LogP contribution is 2.19. The molecule has 94 valence electrons. The summed E-state index contributed by atoms with van der Waals surface area (Å²) in [5, 5.41) is 3.98. The Hall–Kier alpha value is 0.380. The van der Waals surface area contributed by atoms with E-state index in [1.807, 2.05) is 25.1 Å². The van der Waals surface area contributed by atoms with E-state index in [-0.39, 0.29) is 11.9 Å². The molecule has 2 nitrogen and oxygen atoms in total. The van der Waals surface area contributed by atoms with E-state index in [4.69, 9.17) is 0 Å². The molecule has 17 heavy (non-hydrogen) atoms. The van der Waals surface area contributed by atoms with Crippen molar-refractivity contribution in [1.29, 1.82) is 0 Å². The molecule has 0 bridgehead atoms. The van der Waals surface area contributed by atoms with Crippen molar-refractivity contribution in [2.75, 3.05) is 5.33 Å². The van der Waals surface area contributed by atoms with E-state index in [1.165, 1.54) is 0 Å². The number of alkyl halides is 1. The van der Waals surface area contributed by atoms with Gasteiger partial charge in [0.1, 0.15) is 0 Å². The maximum Gasteiger partial charge on any atom is 0.252 e. The second kappa shape index (κ2) is 7.74. The van der Waals surface area contributed by atoms with Crippen molar-refractivity contribution in [3.8, 4) is 0 Å². The van der Waals surface area contributed by atoms with Gasteiger partial charge in [-0.25, -0.2) is 0 Å². The van der Waals surface area contributed by atoms with E-state index in [2.05, 4.69) is 59.8 Å². The molecule has 0 aliphatic heterocycles. The van der Waals surface area contributed by atoms with Crippen LogP contribution in [0.15, 0.2) is 22.7 Å². The molecule has 0 saturated carbocycles. The van der Waals surface area contributed by atoms with Crippen molar-refractivity contribution >= 4 is 60.4 Å². The minimum absolute atomic E-state index is 0.0162. The fourth-order valence-electron chi connectivity index (χ4n) is 1.43. The third-order valence-corrected chi connectivity index (χ3v) is 4.24. The van der Waals surface area contributed by atoms with Gasteiger partial charge in [0.15, 0.2) is 0 Å². The quantitative estimate of drug-likeness (QED) is 0.499. The topological polar surface area (TPSA) is 29.1 Å². The lowest BCUT2D eigenvalue weighted by molar-refractivity contribution is 0.0937. The minimum atomic E-state index is -0.0162. The Morgan fingerprint density at radius 2 is 2.24 bits per heavy atom. The molecule has 0 fully saturated rings. The van der Waals surface area contributed by atoms with Crippen molar-refractivity contribution in [1.82, 2.24) is 5.32 Å². The molecular weight excluding hydrogens is 461 g/mol. The number of hydrogen-bond donors (Lipinski definition) is 1. The van der Waals surface area contributed by atoms with Crippen LogP contribution in [0.2, 0.25) is 0 Å². The Bertz CT molecular complexity index is 398. The molecule has 1 N–H and O–H groups in total. The van der Waals surface area contributed by atoms with Gasteiger partial charge in [0.25, 0.3) is 5.91 Å². The predicted molar refractivity (Wildman–Crippen MR) is 86.8 cm³/mol. The molecule has 0 spiro atoms. The number of amides is 1. The first-order chi connectivity index (χ1) is 8.04. The summed E-state index contributed by atoms with van der Waals surface area (Å²) < 4.78 is 1.90. The first-order valence-electron chi connectivity index (χ1n) is 5.36. The van der Waals surface area contributed by atoms with Gasteiger partial charge >= 0.3 is 0 Å². The largest absolute Gasteiger partial charge is 0.350 e. The molecule has 1 atom stereocenters. The third-order valence-electron chi connectivity index (χ3n) is 2.32. The smallest absolute Gasteiger partial charge is 0.252 e. The number of nitrogens with one attached hydrogen (secondary N) is 1. The van der Waals surface area contributed by atoms with Gasteiger partial charge in [-0.1, -0.05) is 15.9 Å². The van der Waals surface area contributed by atoms with Crippen LogP contribution in [0.1, 0.15) is 30.1 Å². The van der Waals surface area contributed by atoms with Crippen LogP contribution >= 0.6 is 54.5 Å². The van der Waals surface area contributed by atoms with Crippen LogP contribution in [-0.4, -0.2) is 17.3 Å². The summed E-state index contributed by atoms with van der Waals surface area (Å²) in [7, 11) is 0. The zero-order valence-corrected chi connectivity index (χ0v) is 14.8. The summed E-state index contributed by atoms with van der Waals surface area (Å²) >= 11 is 9.00. The van der Waals surface area contributed by atoms with Gasteiger partial charge in [-0.05, 0) is 76.5 Å². The fraction of sp³-hybridized carbons (Fsp3) is 0.417. The van der Waals surface area contributed by atoms with Crippen LogP contribution < -0.4 is 5.32 Å². The maximum absolute atomic E-state index is 12.0. The number of carbonyl (C=O) groups is 1. The molecule has 0 heterocycles. The summed E-state index contributed by atoms with van der Waals surface area (Å²) in [5.74, 6) is -0.0162. The van der Waals surface area contributed by atoms with Crippen molar-refractivity contribution in [2.45, 2.75) is 25.8 Å². The molecule has 1 aromatic carbocycles. The highest BCUT2D eigenvalue weighted by molar-refractivity contribution is 14.1. The van der Waals surface area contributed by atoms with Gasteiger partial charge < -0.3 is 5.32 Å². The molecule has 1 rings (SSSR count). The van der Waals surface area contributed by atoms with E-state index in [0.717, 1.165) is 26.2 Å². The Kier molecular flexibility index (Phi) is 7.02. The number of carbonyl (C=O) groups excluding carboxylic acids is 1. The average Bonchev–Trinajstić information content (AvgIpc) is 2.29. The zero-order valence-electron chi connectivity index (χ0n) is 9.47. The number of halogens is 3. The standard InChI is InChI=1S/C12H14Br2INO/c1-8(3-2-6-13)16-12(17)10-7-9(15)4-5-11(10)14/h4-5,7-8H,2-3,6H2,1H3,(H,16,17). The van der Waals surface area contributed by atoms with Crippen molar-refractivity contribution in [3.05, 3.63) is 31.8 Å². The van der Waals surface area contributed by atoms with Gasteiger partial charge in [-0.2, -0.15) is 0 Å². The SMILES string of the molecule is CC(CCCBr)NC(=O)c1cc(I)ccc1Br. The number of hydrogen-bond acceptors (Lipinski definition) is 1. The van der Waals surface area contributed by atoms with E-state index < -0.39 is 0 Å². The Morgan fingerprint density at radius 1 is 1.53 bits per heavy atom. The average molecular weight is 475 g/mol. The van der Waals surface area contributed by atoms with E-state index >= 15 is 0 Å². The van der Waals surface area contributed by atoms with Gasteiger partial charge in [0.2, 0.25) is 0 Å². The summed E-state index contributed by atoms with van der Waals surface area (Å²) in [6.45, 7) is 2.03. The van der Waals surface area contributed by atoms with Crippen molar-refractivity contribution in [3.63, 3.8) is 0 Å². The van der Waals surface area contributed by atoms with Crippen LogP contribution in [-0.2, 0) is 0 Å². The van der Waals surface area contributed by atoms with Crippen molar-refractivity contribution in [2.24, 2.45) is 0 Å². The third kappa shape index (κ3) is 5.26. The summed E-state index contributed by atoms with van der Waals surface area (Å²) in [4.78, 5) is 12.0.